The maximum atomic E-state index is 5.83. The van der Waals surface area contributed by atoms with Crippen molar-refractivity contribution in [3.8, 4) is 0 Å². The van der Waals surface area contributed by atoms with Crippen molar-refractivity contribution >= 4 is 27.8 Å². The Kier molecular flexibility index (Phi) is 4.08. The first-order valence-electron chi connectivity index (χ1n) is 9.80. The molecule has 5 rings (SSSR count). The molecule has 0 radical (unpaired) electrons. The van der Waals surface area contributed by atoms with Crippen LogP contribution in [0.1, 0.15) is 36.6 Å². The van der Waals surface area contributed by atoms with Gasteiger partial charge in [0.15, 0.2) is 0 Å². The number of nitrogens with zero attached hydrogens (tertiary/aromatic N) is 4. The number of aromatic nitrogens is 4. The lowest BCUT2D eigenvalue weighted by Gasteiger charge is -2.10. The first-order valence-corrected chi connectivity index (χ1v) is 9.80. The zero-order valence-corrected chi connectivity index (χ0v) is 16.0. The average Bonchev–Trinajstić information content (AvgIpc) is 3.33. The standard InChI is InChI=1S/C23H23N5/c1-15-20-10-11-28(23(20)26-14-25-15)19-8-5-16(12-19)2-3-17-4-6-18-7-9-22(24)27-21(18)13-17/h4,6-7,9-14,19H,2-3,5,8H2,1H3,(H2,24,27). The van der Waals surface area contributed by atoms with Crippen LogP contribution in [-0.4, -0.2) is 19.5 Å². The fourth-order valence-corrected chi connectivity index (χ4v) is 4.20. The van der Waals surface area contributed by atoms with Crippen molar-refractivity contribution < 1.29 is 0 Å². The fourth-order valence-electron chi connectivity index (χ4n) is 4.20. The van der Waals surface area contributed by atoms with E-state index in [1.807, 2.05) is 19.1 Å². The van der Waals surface area contributed by atoms with Gasteiger partial charge in [-0.2, -0.15) is 0 Å². The number of hydrogen-bond acceptors (Lipinski definition) is 4. The molecule has 1 unspecified atom stereocenters. The van der Waals surface area contributed by atoms with Crippen molar-refractivity contribution in [2.45, 2.75) is 38.6 Å². The second-order valence-corrected chi connectivity index (χ2v) is 7.61. The van der Waals surface area contributed by atoms with Crippen molar-refractivity contribution in [1.82, 2.24) is 19.5 Å². The van der Waals surface area contributed by atoms with Gasteiger partial charge in [-0.1, -0.05) is 23.8 Å². The summed E-state index contributed by atoms with van der Waals surface area (Å²) in [6.07, 6.45) is 10.6. The van der Waals surface area contributed by atoms with Crippen LogP contribution < -0.4 is 5.73 Å². The number of allylic oxidation sites excluding steroid dienone is 2. The van der Waals surface area contributed by atoms with Gasteiger partial charge in [0.25, 0.3) is 0 Å². The normalized spacial score (nSPS) is 16.8. The van der Waals surface area contributed by atoms with Crippen LogP contribution >= 0.6 is 0 Å². The smallest absolute Gasteiger partial charge is 0.144 e. The summed E-state index contributed by atoms with van der Waals surface area (Å²) in [5.41, 5.74) is 11.7. The van der Waals surface area contributed by atoms with Gasteiger partial charge in [-0.15, -0.1) is 0 Å². The van der Waals surface area contributed by atoms with Gasteiger partial charge in [-0.3, -0.25) is 0 Å². The van der Waals surface area contributed by atoms with E-state index < -0.39 is 0 Å². The number of benzene rings is 1. The van der Waals surface area contributed by atoms with Crippen LogP contribution in [0.25, 0.3) is 21.9 Å². The van der Waals surface area contributed by atoms with Gasteiger partial charge in [0.2, 0.25) is 0 Å². The highest BCUT2D eigenvalue weighted by Crippen LogP contribution is 2.33. The monoisotopic (exact) mass is 369 g/mol. The van der Waals surface area contributed by atoms with Crippen molar-refractivity contribution in [1.29, 1.82) is 0 Å². The SMILES string of the molecule is Cc1ncnc2c1ccn2C1C=C(CCc2ccc3ccc(N)nc3c2)CC1. The maximum Gasteiger partial charge on any atom is 0.144 e. The minimum atomic E-state index is 0.389. The Morgan fingerprint density at radius 3 is 2.93 bits per heavy atom. The zero-order valence-electron chi connectivity index (χ0n) is 16.0. The molecule has 0 spiro atoms. The van der Waals surface area contributed by atoms with Gasteiger partial charge in [0, 0.05) is 17.0 Å². The first-order chi connectivity index (χ1) is 13.7. The molecule has 0 saturated carbocycles. The highest BCUT2D eigenvalue weighted by Gasteiger charge is 2.19. The molecule has 4 aromatic rings. The molecule has 0 aliphatic heterocycles. The average molecular weight is 369 g/mol. The third-order valence-corrected chi connectivity index (χ3v) is 5.77. The van der Waals surface area contributed by atoms with Crippen LogP contribution in [-0.2, 0) is 6.42 Å². The van der Waals surface area contributed by atoms with Crippen molar-refractivity contribution in [3.63, 3.8) is 0 Å². The zero-order chi connectivity index (χ0) is 19.1. The lowest BCUT2D eigenvalue weighted by atomic mass is 10.0. The molecule has 0 fully saturated rings. The third kappa shape index (κ3) is 3.03. The van der Waals surface area contributed by atoms with E-state index in [4.69, 9.17) is 5.73 Å². The number of aryl methyl sites for hydroxylation is 2. The Balaban J connectivity index is 1.33. The Bertz CT molecular complexity index is 1200. The molecule has 3 aromatic heterocycles. The van der Waals surface area contributed by atoms with Crippen LogP contribution in [0.3, 0.4) is 0 Å². The van der Waals surface area contributed by atoms with E-state index in [-0.39, 0.29) is 0 Å². The van der Waals surface area contributed by atoms with Crippen molar-refractivity contribution in [2.24, 2.45) is 0 Å². The topological polar surface area (TPSA) is 69.6 Å². The predicted molar refractivity (Wildman–Crippen MR) is 113 cm³/mol. The molecule has 1 aliphatic rings. The van der Waals surface area contributed by atoms with E-state index in [0.717, 1.165) is 53.3 Å². The summed E-state index contributed by atoms with van der Waals surface area (Å²) in [4.78, 5) is 13.3. The molecular weight excluding hydrogens is 346 g/mol. The van der Waals surface area contributed by atoms with Crippen molar-refractivity contribution in [2.75, 3.05) is 5.73 Å². The second kappa shape index (κ2) is 6.75. The Morgan fingerprint density at radius 1 is 1.11 bits per heavy atom. The quantitative estimate of drug-likeness (QED) is 0.526. The minimum Gasteiger partial charge on any atom is -0.384 e. The molecule has 2 N–H and O–H groups in total. The lowest BCUT2D eigenvalue weighted by Crippen LogP contribution is -2.03. The Morgan fingerprint density at radius 2 is 2.00 bits per heavy atom. The molecule has 3 heterocycles. The van der Waals surface area contributed by atoms with Gasteiger partial charge in [0.1, 0.15) is 17.8 Å². The number of nitrogens with two attached hydrogens (primary N) is 1. The van der Waals surface area contributed by atoms with E-state index in [1.165, 1.54) is 11.1 Å². The van der Waals surface area contributed by atoms with E-state index in [9.17, 15) is 0 Å². The Labute approximate surface area is 163 Å². The molecule has 1 atom stereocenters. The van der Waals surface area contributed by atoms with Crippen LogP contribution in [0, 0.1) is 6.92 Å². The summed E-state index contributed by atoms with van der Waals surface area (Å²) < 4.78 is 2.29. The summed E-state index contributed by atoms with van der Waals surface area (Å²) in [5, 5.41) is 2.28. The number of anilines is 1. The van der Waals surface area contributed by atoms with Gasteiger partial charge in [-0.05, 0) is 62.4 Å². The third-order valence-electron chi connectivity index (χ3n) is 5.77. The van der Waals surface area contributed by atoms with Gasteiger partial charge < -0.3 is 10.3 Å². The van der Waals surface area contributed by atoms with Crippen molar-refractivity contribution in [3.05, 3.63) is 71.8 Å². The number of rotatable bonds is 4. The minimum absolute atomic E-state index is 0.389. The van der Waals surface area contributed by atoms with E-state index in [1.54, 1.807) is 6.33 Å². The molecule has 5 nitrogen and oxygen atoms in total. The number of hydrogen-bond donors (Lipinski definition) is 1. The molecule has 140 valence electrons. The fraction of sp³-hybridized carbons (Fsp3) is 0.261. The molecular formula is C23H23N5. The highest BCUT2D eigenvalue weighted by atomic mass is 15.1. The van der Waals surface area contributed by atoms with E-state index >= 15 is 0 Å². The molecule has 0 amide bonds. The molecule has 5 heteroatoms. The number of nitrogen functional groups attached to an aromatic ring is 1. The second-order valence-electron chi connectivity index (χ2n) is 7.61. The molecule has 28 heavy (non-hydrogen) atoms. The summed E-state index contributed by atoms with van der Waals surface area (Å²) >= 11 is 0. The van der Waals surface area contributed by atoms with E-state index in [0.29, 0.717) is 11.9 Å². The molecule has 1 aliphatic carbocycles. The number of fused-ring (bicyclic) bond motifs is 2. The van der Waals surface area contributed by atoms with Gasteiger partial charge in [0.05, 0.1) is 17.3 Å². The van der Waals surface area contributed by atoms with Gasteiger partial charge in [-0.25, -0.2) is 15.0 Å². The summed E-state index contributed by atoms with van der Waals surface area (Å²) in [6.45, 7) is 2.04. The van der Waals surface area contributed by atoms with E-state index in [2.05, 4.69) is 56.1 Å². The first kappa shape index (κ1) is 16.9. The van der Waals surface area contributed by atoms with Crippen LogP contribution in [0.15, 0.2) is 60.6 Å². The summed E-state index contributed by atoms with van der Waals surface area (Å²) in [6, 6.07) is 12.9. The predicted octanol–water partition coefficient (Wildman–Crippen LogP) is 4.76. The Hall–Kier alpha value is -3.21. The van der Waals surface area contributed by atoms with Crippen LogP contribution in [0.5, 0.6) is 0 Å². The molecule has 1 aromatic carbocycles. The number of pyridine rings is 1. The van der Waals surface area contributed by atoms with Crippen LogP contribution in [0.2, 0.25) is 0 Å². The highest BCUT2D eigenvalue weighted by molar-refractivity contribution is 5.80. The van der Waals surface area contributed by atoms with Crippen LogP contribution in [0.4, 0.5) is 5.82 Å². The largest absolute Gasteiger partial charge is 0.384 e. The maximum absolute atomic E-state index is 5.83. The lowest BCUT2D eigenvalue weighted by molar-refractivity contribution is 0.603. The molecule has 0 bridgehead atoms. The summed E-state index contributed by atoms with van der Waals surface area (Å²) in [5.74, 6) is 0.573. The summed E-state index contributed by atoms with van der Waals surface area (Å²) in [7, 11) is 0. The van der Waals surface area contributed by atoms with Gasteiger partial charge >= 0.3 is 0 Å². The molecule has 0 saturated heterocycles.